The van der Waals surface area contributed by atoms with Crippen LogP contribution in [0, 0.1) is 23.3 Å². The summed E-state index contributed by atoms with van der Waals surface area (Å²) in [5.74, 6) is 0.547. The fourth-order valence-corrected chi connectivity index (χ4v) is 6.06. The van der Waals surface area contributed by atoms with Crippen LogP contribution in [-0.4, -0.2) is 15.9 Å². The van der Waals surface area contributed by atoms with Gasteiger partial charge in [-0.2, -0.15) is 0 Å². The molecule has 0 saturated heterocycles. The van der Waals surface area contributed by atoms with Gasteiger partial charge in [-0.15, -0.1) is 29.1 Å². The third-order valence-electron chi connectivity index (χ3n) is 8.36. The molecule has 4 aromatic rings. The van der Waals surface area contributed by atoms with Crippen LogP contribution in [0.25, 0.3) is 44.3 Å². The Hall–Kier alpha value is -3.07. The number of aliphatic hydroxyl groups excluding tert-OH is 1. The summed E-state index contributed by atoms with van der Waals surface area (Å²) in [5.41, 5.74) is 8.79. The monoisotopic (exact) mass is 753 g/mol. The van der Waals surface area contributed by atoms with Gasteiger partial charge in [0.1, 0.15) is 0 Å². The number of rotatable bonds is 8. The Labute approximate surface area is 272 Å². The maximum atomic E-state index is 11.7. The van der Waals surface area contributed by atoms with E-state index < -0.39 is 0 Å². The maximum absolute atomic E-state index is 11.7. The van der Waals surface area contributed by atoms with E-state index in [0.717, 1.165) is 43.4 Å². The number of hydrogen-bond donors (Lipinski definition) is 1. The van der Waals surface area contributed by atoms with Gasteiger partial charge in [-0.3, -0.25) is 4.79 Å². The minimum absolute atomic E-state index is 0. The van der Waals surface area contributed by atoms with Crippen molar-refractivity contribution < 1.29 is 30.0 Å². The summed E-state index contributed by atoms with van der Waals surface area (Å²) < 4.78 is 0. The molecule has 1 heterocycles. The zero-order chi connectivity index (χ0) is 30.4. The second-order valence-electron chi connectivity index (χ2n) is 12.6. The van der Waals surface area contributed by atoms with Gasteiger partial charge in [-0.1, -0.05) is 102 Å². The van der Waals surface area contributed by atoms with E-state index in [1.807, 2.05) is 46.0 Å². The number of aliphatic hydroxyl groups is 1. The first-order chi connectivity index (χ1) is 20.1. The number of fused-ring (bicyclic) bond motifs is 5. The van der Waals surface area contributed by atoms with Gasteiger partial charge in [0.25, 0.3) is 0 Å². The van der Waals surface area contributed by atoms with Crippen LogP contribution in [0.2, 0.25) is 0 Å². The van der Waals surface area contributed by atoms with E-state index in [0.29, 0.717) is 0 Å². The number of benzene rings is 3. The van der Waals surface area contributed by atoms with Crippen LogP contribution >= 0.6 is 0 Å². The number of nitrogens with zero attached hydrogens (tertiary/aromatic N) is 1. The molecule has 4 heteroatoms. The Kier molecular flexibility index (Phi) is 12.1. The van der Waals surface area contributed by atoms with Crippen molar-refractivity contribution in [3.63, 3.8) is 0 Å². The van der Waals surface area contributed by atoms with E-state index in [9.17, 15) is 9.90 Å². The van der Waals surface area contributed by atoms with Gasteiger partial charge in [0.2, 0.25) is 0 Å². The van der Waals surface area contributed by atoms with Gasteiger partial charge in [-0.25, -0.2) is 0 Å². The van der Waals surface area contributed by atoms with Crippen LogP contribution in [0.5, 0.6) is 0 Å². The van der Waals surface area contributed by atoms with Gasteiger partial charge in [0.05, 0.1) is 5.76 Å². The minimum Gasteiger partial charge on any atom is -0.512 e. The molecular formula is C39H46IrNO2-. The summed E-state index contributed by atoms with van der Waals surface area (Å²) in [6.07, 6.45) is 7.85. The number of ketones is 1. The van der Waals surface area contributed by atoms with Gasteiger partial charge in [0, 0.05) is 44.2 Å². The minimum atomic E-state index is 0. The van der Waals surface area contributed by atoms with Crippen molar-refractivity contribution in [2.24, 2.45) is 17.3 Å². The predicted octanol–water partition coefficient (Wildman–Crippen LogP) is 10.8. The maximum Gasteiger partial charge on any atom is 0.162 e. The van der Waals surface area contributed by atoms with E-state index in [1.165, 1.54) is 44.7 Å². The molecular weight excluding hydrogens is 707 g/mol. The zero-order valence-electron chi connectivity index (χ0n) is 26.8. The standard InChI is InChI=1S/C26H22N.C13H24O2.Ir/c1-26(2,3)16-17-12-13-19-20-9-4-7-18-8-5-10-22(24(18)20)25-21(23(19)15-17)11-6-14-27-25;1-5-10(6-2)12(14)9-13(15)11(7-3)8-4;/h4-9,11-15H,16H2,1-3H3;9-11,14H,5-8H2,1-4H3;/q-1;;/b;12-9-;. The van der Waals surface area contributed by atoms with E-state index in [-0.39, 0.29) is 48.9 Å². The molecule has 1 aromatic heterocycles. The fourth-order valence-electron chi connectivity index (χ4n) is 6.06. The Bertz CT molecular complexity index is 1570. The fraction of sp³-hybridized carbons (Fsp3) is 0.385. The van der Waals surface area contributed by atoms with Gasteiger partial charge in [0.15, 0.2) is 5.78 Å². The SMILES string of the molecule is CC(C)(C)Cc1ccc2c(c1)-c1cccnc1-c1[c-]ccc3cccc-2c13.CCC(CC)C(=O)/C=C(\O)C(CC)CC.[Ir]. The van der Waals surface area contributed by atoms with Crippen molar-refractivity contribution in [3.05, 3.63) is 90.3 Å². The Morgan fingerprint density at radius 2 is 1.53 bits per heavy atom. The van der Waals surface area contributed by atoms with Crippen LogP contribution in [0.4, 0.5) is 0 Å². The van der Waals surface area contributed by atoms with Crippen LogP contribution in [0.15, 0.2) is 78.7 Å². The van der Waals surface area contributed by atoms with Crippen molar-refractivity contribution in [2.45, 2.75) is 80.6 Å². The first kappa shape index (κ1) is 34.4. The molecule has 0 bridgehead atoms. The first-order valence-electron chi connectivity index (χ1n) is 15.6. The van der Waals surface area contributed by atoms with Crippen molar-refractivity contribution in [3.8, 4) is 33.5 Å². The van der Waals surface area contributed by atoms with Crippen molar-refractivity contribution in [1.82, 2.24) is 4.98 Å². The largest absolute Gasteiger partial charge is 0.512 e. The summed E-state index contributed by atoms with van der Waals surface area (Å²) in [4.78, 5) is 16.5. The molecule has 3 aromatic carbocycles. The molecule has 0 atom stereocenters. The van der Waals surface area contributed by atoms with Crippen molar-refractivity contribution >= 4 is 16.6 Å². The molecule has 0 spiro atoms. The number of allylic oxidation sites excluding steroid dienone is 2. The van der Waals surface area contributed by atoms with E-state index in [2.05, 4.69) is 75.4 Å². The summed E-state index contributed by atoms with van der Waals surface area (Å²) in [5, 5.41) is 12.3. The molecule has 1 radical (unpaired) electrons. The average Bonchev–Trinajstić information content (AvgIpc) is 3.08. The molecule has 229 valence electrons. The van der Waals surface area contributed by atoms with Crippen molar-refractivity contribution in [2.75, 3.05) is 0 Å². The molecule has 3 nitrogen and oxygen atoms in total. The quantitative estimate of drug-likeness (QED) is 0.0976. The number of carbonyl (C=O) groups is 1. The number of hydrogen-bond acceptors (Lipinski definition) is 3. The Morgan fingerprint density at radius 1 is 0.860 bits per heavy atom. The number of aromatic nitrogens is 1. The molecule has 0 aliphatic heterocycles. The predicted molar refractivity (Wildman–Crippen MR) is 177 cm³/mol. The third kappa shape index (κ3) is 7.91. The summed E-state index contributed by atoms with van der Waals surface area (Å²) in [6, 6.07) is 25.4. The van der Waals surface area contributed by atoms with Crippen LogP contribution in [-0.2, 0) is 31.3 Å². The topological polar surface area (TPSA) is 50.2 Å². The Morgan fingerprint density at radius 3 is 2.19 bits per heavy atom. The van der Waals surface area contributed by atoms with E-state index >= 15 is 0 Å². The molecule has 1 N–H and O–H groups in total. The van der Waals surface area contributed by atoms with Crippen LogP contribution < -0.4 is 0 Å². The van der Waals surface area contributed by atoms with Gasteiger partial charge in [-0.05, 0) is 71.5 Å². The molecule has 0 amide bonds. The van der Waals surface area contributed by atoms with Crippen LogP contribution in [0.1, 0.15) is 79.7 Å². The summed E-state index contributed by atoms with van der Waals surface area (Å²) in [6.45, 7) is 14.9. The van der Waals surface area contributed by atoms with Crippen molar-refractivity contribution in [1.29, 1.82) is 0 Å². The molecule has 5 rings (SSSR count). The molecule has 1 aliphatic rings. The number of carbonyl (C=O) groups excluding carboxylic acids is 1. The first-order valence-corrected chi connectivity index (χ1v) is 15.6. The zero-order valence-corrected chi connectivity index (χ0v) is 29.1. The molecule has 1 aliphatic carbocycles. The smallest absolute Gasteiger partial charge is 0.162 e. The third-order valence-corrected chi connectivity index (χ3v) is 8.36. The molecule has 0 unspecified atom stereocenters. The summed E-state index contributed by atoms with van der Waals surface area (Å²) >= 11 is 0. The van der Waals surface area contributed by atoms with Crippen LogP contribution in [0.3, 0.4) is 0 Å². The second-order valence-corrected chi connectivity index (χ2v) is 12.6. The molecule has 43 heavy (non-hydrogen) atoms. The Balaban J connectivity index is 0.000000274. The number of pyridine rings is 1. The van der Waals surface area contributed by atoms with E-state index in [4.69, 9.17) is 4.98 Å². The molecule has 0 saturated carbocycles. The average molecular weight is 753 g/mol. The normalized spacial score (nSPS) is 12.2. The van der Waals surface area contributed by atoms with E-state index in [1.54, 1.807) is 0 Å². The van der Waals surface area contributed by atoms with Gasteiger partial charge < -0.3 is 10.1 Å². The second kappa shape index (κ2) is 15.1. The van der Waals surface area contributed by atoms with Gasteiger partial charge >= 0.3 is 0 Å². The molecule has 0 fully saturated rings. The summed E-state index contributed by atoms with van der Waals surface area (Å²) in [7, 11) is 0.